The molecule has 3 aromatic rings. The third kappa shape index (κ3) is 3.27. The summed E-state index contributed by atoms with van der Waals surface area (Å²) in [5.41, 5.74) is 3.99. The van der Waals surface area contributed by atoms with Crippen molar-refractivity contribution in [3.8, 4) is 0 Å². The highest BCUT2D eigenvalue weighted by Gasteiger charge is 2.19. The summed E-state index contributed by atoms with van der Waals surface area (Å²) in [7, 11) is 0. The number of aliphatic imine (C=N–C) groups is 1. The quantitative estimate of drug-likeness (QED) is 0.642. The Morgan fingerprint density at radius 2 is 2.04 bits per heavy atom. The highest BCUT2D eigenvalue weighted by Crippen LogP contribution is 2.27. The van der Waals surface area contributed by atoms with Crippen molar-refractivity contribution in [2.75, 3.05) is 18.5 Å². The standard InChI is InChI=1S/C19H17ClN4O3/c20-12-3-5-14-13(9-12)18(21-10-17(26)22-14)11-2-4-15-16(8-11)24(6-1-7-25)19(27)23-15/h2-5,8-9,25H,1,6-7,10H2,(H,22,26)(H,23,27). The van der Waals surface area contributed by atoms with Crippen LogP contribution >= 0.6 is 11.6 Å². The summed E-state index contributed by atoms with van der Waals surface area (Å²) in [6.45, 7) is 0.420. The van der Waals surface area contributed by atoms with Crippen molar-refractivity contribution in [1.29, 1.82) is 0 Å². The topological polar surface area (TPSA) is 99.5 Å². The van der Waals surface area contributed by atoms with E-state index >= 15 is 0 Å². The molecule has 0 atom stereocenters. The van der Waals surface area contributed by atoms with Crippen molar-refractivity contribution in [3.05, 3.63) is 63.0 Å². The number of anilines is 1. The lowest BCUT2D eigenvalue weighted by molar-refractivity contribution is -0.114. The number of H-pyrrole nitrogens is 1. The second-order valence-corrected chi connectivity index (χ2v) is 6.73. The fourth-order valence-electron chi connectivity index (χ4n) is 3.24. The van der Waals surface area contributed by atoms with E-state index in [9.17, 15) is 9.59 Å². The number of benzodiazepines with no additional fused rings is 1. The highest BCUT2D eigenvalue weighted by molar-refractivity contribution is 6.32. The van der Waals surface area contributed by atoms with Gasteiger partial charge in [-0.15, -0.1) is 0 Å². The Kier molecular flexibility index (Phi) is 4.55. The summed E-state index contributed by atoms with van der Waals surface area (Å²) in [4.78, 5) is 31.4. The Labute approximate surface area is 159 Å². The van der Waals surface area contributed by atoms with Gasteiger partial charge in [-0.3, -0.25) is 14.4 Å². The second-order valence-electron chi connectivity index (χ2n) is 6.29. The van der Waals surface area contributed by atoms with E-state index in [1.54, 1.807) is 22.8 Å². The molecule has 138 valence electrons. The number of carbonyl (C=O) groups is 1. The molecule has 0 saturated heterocycles. The van der Waals surface area contributed by atoms with Crippen LogP contribution in [0.2, 0.25) is 5.02 Å². The molecule has 1 aromatic heterocycles. The number of aliphatic hydroxyl groups is 1. The van der Waals surface area contributed by atoms with E-state index in [0.29, 0.717) is 34.9 Å². The third-order valence-corrected chi connectivity index (χ3v) is 4.72. The maximum Gasteiger partial charge on any atom is 0.326 e. The number of imidazole rings is 1. The molecule has 3 N–H and O–H groups in total. The zero-order valence-electron chi connectivity index (χ0n) is 14.3. The zero-order chi connectivity index (χ0) is 19.0. The lowest BCUT2D eigenvalue weighted by Gasteiger charge is -2.11. The van der Waals surface area contributed by atoms with Gasteiger partial charge in [0.25, 0.3) is 0 Å². The van der Waals surface area contributed by atoms with Crippen LogP contribution in [0.1, 0.15) is 17.5 Å². The molecule has 1 aliphatic rings. The number of rotatable bonds is 4. The van der Waals surface area contributed by atoms with E-state index < -0.39 is 0 Å². The first-order chi connectivity index (χ1) is 13.1. The third-order valence-electron chi connectivity index (χ3n) is 4.48. The predicted molar refractivity (Wildman–Crippen MR) is 105 cm³/mol. The van der Waals surface area contributed by atoms with Crippen LogP contribution in [0.4, 0.5) is 5.69 Å². The Bertz CT molecular complexity index is 1130. The van der Waals surface area contributed by atoms with Crippen LogP contribution < -0.4 is 11.0 Å². The van der Waals surface area contributed by atoms with Crippen LogP contribution in [0.15, 0.2) is 46.2 Å². The molecule has 0 radical (unpaired) electrons. The number of carbonyl (C=O) groups excluding carboxylic acids is 1. The normalized spacial score (nSPS) is 13.9. The number of nitrogens with zero attached hydrogens (tertiary/aromatic N) is 2. The largest absolute Gasteiger partial charge is 0.396 e. The van der Waals surface area contributed by atoms with E-state index in [4.69, 9.17) is 16.7 Å². The molecular weight excluding hydrogens is 368 g/mol. The van der Waals surface area contributed by atoms with E-state index in [1.165, 1.54) is 0 Å². The van der Waals surface area contributed by atoms with Crippen molar-refractivity contribution in [2.45, 2.75) is 13.0 Å². The van der Waals surface area contributed by atoms with Crippen molar-refractivity contribution < 1.29 is 9.90 Å². The van der Waals surface area contributed by atoms with Crippen LogP contribution in [-0.2, 0) is 11.3 Å². The number of aliphatic hydroxyl groups excluding tert-OH is 1. The highest BCUT2D eigenvalue weighted by atomic mass is 35.5. The summed E-state index contributed by atoms with van der Waals surface area (Å²) in [6, 6.07) is 10.8. The van der Waals surface area contributed by atoms with Gasteiger partial charge in [0.1, 0.15) is 6.54 Å². The van der Waals surface area contributed by atoms with Gasteiger partial charge in [-0.1, -0.05) is 17.7 Å². The fourth-order valence-corrected chi connectivity index (χ4v) is 3.42. The molecule has 1 aliphatic heterocycles. The molecule has 0 saturated carbocycles. The van der Waals surface area contributed by atoms with Gasteiger partial charge in [-0.25, -0.2) is 4.79 Å². The number of benzene rings is 2. The van der Waals surface area contributed by atoms with Gasteiger partial charge in [0.2, 0.25) is 5.91 Å². The van der Waals surface area contributed by atoms with E-state index in [1.807, 2.05) is 18.2 Å². The Balaban J connectivity index is 1.88. The Morgan fingerprint density at radius 1 is 1.19 bits per heavy atom. The predicted octanol–water partition coefficient (Wildman–Crippen LogP) is 2.15. The van der Waals surface area contributed by atoms with Gasteiger partial charge in [0.15, 0.2) is 0 Å². The van der Waals surface area contributed by atoms with Crippen LogP contribution in [0, 0.1) is 0 Å². The van der Waals surface area contributed by atoms with Gasteiger partial charge < -0.3 is 15.4 Å². The number of amides is 1. The number of aromatic nitrogens is 2. The molecule has 0 unspecified atom stereocenters. The lowest BCUT2D eigenvalue weighted by Crippen LogP contribution is -2.17. The minimum Gasteiger partial charge on any atom is -0.396 e. The minimum absolute atomic E-state index is 0.00409. The summed E-state index contributed by atoms with van der Waals surface area (Å²) in [6.07, 6.45) is 0.481. The molecule has 2 aromatic carbocycles. The maximum atomic E-state index is 12.2. The van der Waals surface area contributed by atoms with Crippen LogP contribution in [0.3, 0.4) is 0 Å². The molecule has 0 aliphatic carbocycles. The summed E-state index contributed by atoms with van der Waals surface area (Å²) in [5.74, 6) is -0.198. The van der Waals surface area contributed by atoms with Crippen molar-refractivity contribution in [1.82, 2.24) is 9.55 Å². The zero-order valence-corrected chi connectivity index (χ0v) is 15.1. The Hall–Kier alpha value is -2.90. The van der Waals surface area contributed by atoms with Gasteiger partial charge >= 0.3 is 5.69 Å². The number of hydrogen-bond acceptors (Lipinski definition) is 4. The van der Waals surface area contributed by atoms with Gasteiger partial charge in [0, 0.05) is 29.3 Å². The number of hydrogen-bond donors (Lipinski definition) is 3. The fraction of sp³-hybridized carbons (Fsp3) is 0.211. The smallest absolute Gasteiger partial charge is 0.326 e. The van der Waals surface area contributed by atoms with Crippen LogP contribution in [0.25, 0.3) is 11.0 Å². The van der Waals surface area contributed by atoms with Crippen LogP contribution in [-0.4, -0.2) is 39.4 Å². The molecule has 27 heavy (non-hydrogen) atoms. The molecule has 4 rings (SSSR count). The molecule has 7 nitrogen and oxygen atoms in total. The molecule has 0 fully saturated rings. The summed E-state index contributed by atoms with van der Waals surface area (Å²) in [5, 5.41) is 12.5. The molecular formula is C19H17ClN4O3. The summed E-state index contributed by atoms with van der Waals surface area (Å²) >= 11 is 6.16. The second kappa shape index (κ2) is 7.02. The maximum absolute atomic E-state index is 12.2. The molecule has 0 spiro atoms. The number of nitrogens with one attached hydrogen (secondary N) is 2. The number of aromatic amines is 1. The molecule has 0 bridgehead atoms. The lowest BCUT2D eigenvalue weighted by atomic mass is 10.00. The summed E-state index contributed by atoms with van der Waals surface area (Å²) < 4.78 is 1.59. The van der Waals surface area contributed by atoms with E-state index in [-0.39, 0.29) is 24.7 Å². The number of halogens is 1. The molecule has 1 amide bonds. The van der Waals surface area contributed by atoms with Crippen LogP contribution in [0.5, 0.6) is 0 Å². The Morgan fingerprint density at radius 3 is 2.85 bits per heavy atom. The van der Waals surface area contributed by atoms with Crippen molar-refractivity contribution in [3.63, 3.8) is 0 Å². The molecule has 8 heteroatoms. The number of fused-ring (bicyclic) bond motifs is 2. The first-order valence-electron chi connectivity index (χ1n) is 8.55. The van der Waals surface area contributed by atoms with Crippen molar-refractivity contribution in [2.24, 2.45) is 4.99 Å². The van der Waals surface area contributed by atoms with E-state index in [2.05, 4.69) is 15.3 Å². The van der Waals surface area contributed by atoms with Crippen molar-refractivity contribution >= 4 is 39.9 Å². The minimum atomic E-state index is -0.223. The first kappa shape index (κ1) is 17.5. The molecule has 2 heterocycles. The number of aryl methyl sites for hydroxylation is 1. The SMILES string of the molecule is O=C1CN=C(c2ccc3[nH]c(=O)n(CCCO)c3c2)c2cc(Cl)ccc2N1. The van der Waals surface area contributed by atoms with E-state index in [0.717, 1.165) is 16.6 Å². The first-order valence-corrected chi connectivity index (χ1v) is 8.92. The van der Waals surface area contributed by atoms with Gasteiger partial charge in [0.05, 0.1) is 22.4 Å². The average molecular weight is 385 g/mol. The monoisotopic (exact) mass is 384 g/mol. The van der Waals surface area contributed by atoms with Gasteiger partial charge in [-0.2, -0.15) is 0 Å². The van der Waals surface area contributed by atoms with Gasteiger partial charge in [-0.05, 0) is 36.8 Å². The average Bonchev–Trinajstić information content (AvgIpc) is 2.86.